The fraction of sp³-hybridized carbons (Fsp3) is 0.500. The van der Waals surface area contributed by atoms with Crippen LogP contribution >= 0.6 is 0 Å². The Hall–Kier alpha value is -0.791. The molecule has 0 aromatic heterocycles. The molecule has 0 heterocycles. The summed E-state index contributed by atoms with van der Waals surface area (Å²) in [5.74, 6) is 0.115. The molecule has 0 unspecified atom stereocenters. The molecule has 1 amide bonds. The average Bonchev–Trinajstić information content (AvgIpc) is 2.30. The van der Waals surface area contributed by atoms with Crippen LogP contribution in [0, 0.1) is 0 Å². The third-order valence-electron chi connectivity index (χ3n) is 3.12. The van der Waals surface area contributed by atoms with Crippen LogP contribution in [0.1, 0.15) is 39.0 Å². The molecule has 1 N–H and O–H groups in total. The van der Waals surface area contributed by atoms with Gasteiger partial charge in [0.05, 0.1) is 0 Å². The fourth-order valence-corrected chi connectivity index (χ4v) is 5.41. The van der Waals surface area contributed by atoms with Crippen molar-refractivity contribution in [2.24, 2.45) is 0 Å². The summed E-state index contributed by atoms with van der Waals surface area (Å²) >= 11 is 0.334. The number of nitrogens with one attached hydrogen (secondary N) is 1. The third-order valence-corrected chi connectivity index (χ3v) is 6.08. The Balaban J connectivity index is 2.12. The molecule has 0 radical (unpaired) electrons. The van der Waals surface area contributed by atoms with Gasteiger partial charge in [-0.3, -0.25) is 0 Å². The second kappa shape index (κ2) is 5.70. The molecule has 0 saturated heterocycles. The van der Waals surface area contributed by atoms with E-state index in [1.54, 1.807) is 6.92 Å². The Morgan fingerprint density at radius 1 is 1.18 bits per heavy atom. The van der Waals surface area contributed by atoms with Gasteiger partial charge in [-0.2, -0.15) is 0 Å². The van der Waals surface area contributed by atoms with E-state index < -0.39 is 0 Å². The molecule has 1 aliphatic carbocycles. The Morgan fingerprint density at radius 2 is 1.82 bits per heavy atom. The second-order valence-corrected chi connectivity index (χ2v) is 7.71. The third kappa shape index (κ3) is 3.58. The minimum atomic E-state index is 0.0679. The van der Waals surface area contributed by atoms with Gasteiger partial charge in [0.2, 0.25) is 0 Å². The van der Waals surface area contributed by atoms with E-state index in [0.29, 0.717) is 15.0 Å². The molecule has 1 fully saturated rings. The summed E-state index contributed by atoms with van der Waals surface area (Å²) in [6.45, 7) is 1.64. The summed E-state index contributed by atoms with van der Waals surface area (Å²) in [5.41, 5.74) is 0. The van der Waals surface area contributed by atoms with Gasteiger partial charge in [0.25, 0.3) is 0 Å². The molecule has 92 valence electrons. The number of carbonyl (C=O) groups excluding carboxylic acids is 1. The fourth-order valence-electron chi connectivity index (χ4n) is 2.41. The van der Waals surface area contributed by atoms with Gasteiger partial charge in [0, 0.05) is 0 Å². The maximum atomic E-state index is 11.4. The molecular weight excluding hydrogens is 277 g/mol. The average molecular weight is 296 g/mol. The first-order valence-electron chi connectivity index (χ1n) is 6.23. The number of benzene rings is 1. The van der Waals surface area contributed by atoms with Crippen LogP contribution in [0.5, 0.6) is 0 Å². The molecule has 0 aliphatic heterocycles. The predicted octanol–water partition coefficient (Wildman–Crippen LogP) is 1.81. The molecule has 0 spiro atoms. The Labute approximate surface area is 109 Å². The van der Waals surface area contributed by atoms with E-state index in [4.69, 9.17) is 0 Å². The number of carbonyl (C=O) groups is 1. The van der Waals surface area contributed by atoms with Crippen LogP contribution in [-0.2, 0) is 4.79 Å². The topological polar surface area (TPSA) is 29.1 Å². The molecule has 2 rings (SSSR count). The van der Waals surface area contributed by atoms with Gasteiger partial charge in [-0.05, 0) is 0 Å². The zero-order valence-electron chi connectivity index (χ0n) is 10.2. The van der Waals surface area contributed by atoms with Gasteiger partial charge in [0.15, 0.2) is 0 Å². The van der Waals surface area contributed by atoms with Crippen molar-refractivity contribution in [1.29, 1.82) is 0 Å². The molecular formula is C14H19NOSe. The first-order chi connectivity index (χ1) is 8.20. The van der Waals surface area contributed by atoms with E-state index in [2.05, 4.69) is 29.6 Å². The van der Waals surface area contributed by atoms with Gasteiger partial charge in [-0.15, -0.1) is 0 Å². The number of rotatable bonds is 3. The summed E-state index contributed by atoms with van der Waals surface area (Å²) in [6.07, 6.45) is 6.08. The van der Waals surface area contributed by atoms with Crippen molar-refractivity contribution in [3.8, 4) is 0 Å². The van der Waals surface area contributed by atoms with Crippen LogP contribution < -0.4 is 9.78 Å². The van der Waals surface area contributed by atoms with Crippen LogP contribution in [0.3, 0.4) is 0 Å². The standard InChI is InChI=1S/C14H19NOSe/c1-12(16)15-14(10-6-3-7-11-14)17-13-8-4-2-5-9-13/h2,4-5,8-9H,3,6-7,10-11H2,1H3,(H,15,16). The monoisotopic (exact) mass is 297 g/mol. The van der Waals surface area contributed by atoms with Crippen molar-refractivity contribution in [2.45, 2.75) is 43.5 Å². The summed E-state index contributed by atoms with van der Waals surface area (Å²) in [4.78, 5) is 11.4. The Morgan fingerprint density at radius 3 is 2.41 bits per heavy atom. The van der Waals surface area contributed by atoms with E-state index in [0.717, 1.165) is 12.8 Å². The number of hydrogen-bond acceptors (Lipinski definition) is 1. The Kier molecular flexibility index (Phi) is 4.25. The van der Waals surface area contributed by atoms with Gasteiger partial charge < -0.3 is 0 Å². The van der Waals surface area contributed by atoms with Crippen molar-refractivity contribution < 1.29 is 4.79 Å². The van der Waals surface area contributed by atoms with Crippen LogP contribution in [0.25, 0.3) is 0 Å². The van der Waals surface area contributed by atoms with Crippen LogP contribution in [0.4, 0.5) is 0 Å². The maximum absolute atomic E-state index is 11.4. The molecule has 1 aliphatic rings. The molecule has 1 saturated carbocycles. The second-order valence-electron chi connectivity index (χ2n) is 4.65. The van der Waals surface area contributed by atoms with Gasteiger partial charge in [0.1, 0.15) is 0 Å². The van der Waals surface area contributed by atoms with Gasteiger partial charge in [-0.25, -0.2) is 0 Å². The SMILES string of the molecule is CC(=O)NC1([Se]c2ccccc2)CCCCC1. The van der Waals surface area contributed by atoms with Crippen molar-refractivity contribution in [3.05, 3.63) is 30.3 Å². The summed E-state index contributed by atoms with van der Waals surface area (Å²) in [6, 6.07) is 10.6. The first kappa shape index (κ1) is 12.7. The van der Waals surface area contributed by atoms with Crippen molar-refractivity contribution in [3.63, 3.8) is 0 Å². The van der Waals surface area contributed by atoms with E-state index in [1.807, 2.05) is 6.07 Å². The summed E-state index contributed by atoms with van der Waals surface area (Å²) < 4.78 is 1.45. The van der Waals surface area contributed by atoms with E-state index in [1.165, 1.54) is 23.7 Å². The van der Waals surface area contributed by atoms with Crippen molar-refractivity contribution >= 4 is 25.3 Å². The number of hydrogen-bond donors (Lipinski definition) is 1. The summed E-state index contributed by atoms with van der Waals surface area (Å²) in [5, 5.41) is 3.23. The van der Waals surface area contributed by atoms with E-state index in [9.17, 15) is 4.79 Å². The molecule has 2 nitrogen and oxygen atoms in total. The van der Waals surface area contributed by atoms with E-state index >= 15 is 0 Å². The first-order valence-corrected chi connectivity index (χ1v) is 7.94. The van der Waals surface area contributed by atoms with Crippen LogP contribution in [0.2, 0.25) is 0 Å². The number of amides is 1. The van der Waals surface area contributed by atoms with E-state index in [-0.39, 0.29) is 10.3 Å². The van der Waals surface area contributed by atoms with Gasteiger partial charge in [-0.1, -0.05) is 0 Å². The van der Waals surface area contributed by atoms with Crippen LogP contribution in [-0.4, -0.2) is 25.3 Å². The normalized spacial score (nSPS) is 18.6. The molecule has 17 heavy (non-hydrogen) atoms. The Bertz CT molecular complexity index is 371. The molecule has 0 bridgehead atoms. The predicted molar refractivity (Wildman–Crippen MR) is 71.5 cm³/mol. The molecule has 0 atom stereocenters. The zero-order chi connectivity index (χ0) is 12.1. The molecule has 3 heteroatoms. The van der Waals surface area contributed by atoms with Crippen molar-refractivity contribution in [2.75, 3.05) is 0 Å². The van der Waals surface area contributed by atoms with Gasteiger partial charge >= 0.3 is 109 Å². The summed E-state index contributed by atoms with van der Waals surface area (Å²) in [7, 11) is 0. The van der Waals surface area contributed by atoms with Crippen LogP contribution in [0.15, 0.2) is 30.3 Å². The molecule has 1 aromatic rings. The quantitative estimate of drug-likeness (QED) is 0.847. The van der Waals surface area contributed by atoms with Crippen molar-refractivity contribution in [1.82, 2.24) is 5.32 Å². The molecule has 1 aromatic carbocycles. The zero-order valence-corrected chi connectivity index (χ0v) is 12.0. The minimum absolute atomic E-state index is 0.0679.